The van der Waals surface area contributed by atoms with Gasteiger partial charge in [-0.2, -0.15) is 13.2 Å². The van der Waals surface area contributed by atoms with Crippen LogP contribution < -0.4 is 0 Å². The molecule has 0 saturated carbocycles. The Bertz CT molecular complexity index is 385. The molecule has 0 amide bonds. The third-order valence-electron chi connectivity index (χ3n) is 2.75. The van der Waals surface area contributed by atoms with Gasteiger partial charge in [0.2, 0.25) is 0 Å². The highest BCUT2D eigenvalue weighted by molar-refractivity contribution is 6.29. The van der Waals surface area contributed by atoms with Crippen molar-refractivity contribution >= 4 is 11.6 Å². The summed E-state index contributed by atoms with van der Waals surface area (Å²) in [5.74, 6) is 0. The fourth-order valence-corrected chi connectivity index (χ4v) is 1.45. The minimum atomic E-state index is -4.45. The monoisotopic (exact) mass is 251 g/mol. The first-order valence-corrected chi connectivity index (χ1v) is 5.30. The average molecular weight is 252 g/mol. The van der Waals surface area contributed by atoms with Gasteiger partial charge >= 0.3 is 6.18 Å². The molecule has 5 heteroatoms. The molecule has 1 nitrogen and oxygen atoms in total. The maximum absolute atomic E-state index is 12.5. The summed E-state index contributed by atoms with van der Waals surface area (Å²) < 4.78 is 37.6. The van der Waals surface area contributed by atoms with Gasteiger partial charge in [0.1, 0.15) is 10.8 Å². The van der Waals surface area contributed by atoms with E-state index in [0.29, 0.717) is 5.56 Å². The van der Waals surface area contributed by atoms with Crippen LogP contribution in [0.15, 0.2) is 12.1 Å². The van der Waals surface area contributed by atoms with Gasteiger partial charge in [0.25, 0.3) is 0 Å². The minimum absolute atomic E-state index is 0.119. The Hall–Kier alpha value is -0.770. The van der Waals surface area contributed by atoms with Crippen LogP contribution in [0.3, 0.4) is 0 Å². The lowest BCUT2D eigenvalue weighted by molar-refractivity contribution is -0.141. The first kappa shape index (κ1) is 13.3. The van der Waals surface area contributed by atoms with Gasteiger partial charge in [0, 0.05) is 0 Å². The largest absolute Gasteiger partial charge is 0.433 e. The van der Waals surface area contributed by atoms with Crippen molar-refractivity contribution in [2.75, 3.05) is 0 Å². The van der Waals surface area contributed by atoms with E-state index in [1.54, 1.807) is 0 Å². The van der Waals surface area contributed by atoms with Gasteiger partial charge in [0.15, 0.2) is 0 Å². The maximum atomic E-state index is 12.5. The number of pyridine rings is 1. The van der Waals surface area contributed by atoms with E-state index in [2.05, 4.69) is 4.98 Å². The quantitative estimate of drug-likeness (QED) is 0.708. The second-order valence-corrected chi connectivity index (χ2v) is 4.69. The first-order chi connectivity index (χ1) is 7.16. The molecule has 1 heterocycles. The molecular formula is C11H13ClF3N. The van der Waals surface area contributed by atoms with Crippen molar-refractivity contribution in [1.29, 1.82) is 0 Å². The third-order valence-corrected chi connectivity index (χ3v) is 2.94. The summed E-state index contributed by atoms with van der Waals surface area (Å²) >= 11 is 5.61. The molecule has 0 spiro atoms. The second-order valence-electron chi connectivity index (χ2n) is 4.30. The molecule has 0 radical (unpaired) electrons. The molecular weight excluding hydrogens is 239 g/mol. The summed E-state index contributed by atoms with van der Waals surface area (Å²) in [6, 6.07) is 2.55. The van der Waals surface area contributed by atoms with Crippen LogP contribution in [0.1, 0.15) is 38.4 Å². The molecule has 16 heavy (non-hydrogen) atoms. The van der Waals surface area contributed by atoms with E-state index in [9.17, 15) is 13.2 Å². The van der Waals surface area contributed by atoms with Crippen LogP contribution in [0.4, 0.5) is 13.2 Å². The molecule has 0 unspecified atom stereocenters. The molecule has 0 atom stereocenters. The summed E-state index contributed by atoms with van der Waals surface area (Å²) in [7, 11) is 0. The van der Waals surface area contributed by atoms with Crippen molar-refractivity contribution in [3.63, 3.8) is 0 Å². The Kier molecular flexibility index (Phi) is 3.53. The minimum Gasteiger partial charge on any atom is -0.232 e. The third kappa shape index (κ3) is 2.88. The molecule has 0 aliphatic rings. The molecule has 0 aliphatic heterocycles. The van der Waals surface area contributed by atoms with Gasteiger partial charge in [-0.1, -0.05) is 32.4 Å². The highest BCUT2D eigenvalue weighted by Crippen LogP contribution is 2.34. The fraction of sp³-hybridized carbons (Fsp3) is 0.545. The molecule has 0 saturated heterocycles. The van der Waals surface area contributed by atoms with Crippen LogP contribution in [0.2, 0.25) is 5.15 Å². The zero-order chi connectivity index (χ0) is 12.6. The molecule has 0 aliphatic carbocycles. The zero-order valence-electron chi connectivity index (χ0n) is 9.32. The number of aromatic nitrogens is 1. The Morgan fingerprint density at radius 2 is 1.81 bits per heavy atom. The molecule has 90 valence electrons. The maximum Gasteiger partial charge on any atom is 0.433 e. The van der Waals surface area contributed by atoms with Crippen molar-refractivity contribution in [1.82, 2.24) is 4.98 Å². The fourth-order valence-electron chi connectivity index (χ4n) is 1.24. The van der Waals surface area contributed by atoms with Gasteiger partial charge in [-0.05, 0) is 29.5 Å². The van der Waals surface area contributed by atoms with Gasteiger partial charge in [-0.3, -0.25) is 0 Å². The predicted octanol–water partition coefficient (Wildman–Crippen LogP) is 4.44. The van der Waals surface area contributed by atoms with Crippen LogP contribution >= 0.6 is 11.6 Å². The number of rotatable bonds is 2. The summed E-state index contributed by atoms with van der Waals surface area (Å²) in [5.41, 5.74) is -0.717. The van der Waals surface area contributed by atoms with Crippen LogP contribution in [0.5, 0.6) is 0 Å². The lowest BCUT2D eigenvalue weighted by Crippen LogP contribution is -2.18. The van der Waals surface area contributed by atoms with Gasteiger partial charge in [-0.15, -0.1) is 0 Å². The average Bonchev–Trinajstić information content (AvgIpc) is 2.15. The van der Waals surface area contributed by atoms with Gasteiger partial charge in [0.05, 0.1) is 0 Å². The Morgan fingerprint density at radius 1 is 1.25 bits per heavy atom. The van der Waals surface area contributed by atoms with Gasteiger partial charge < -0.3 is 0 Å². The molecule has 0 bridgehead atoms. The lowest BCUT2D eigenvalue weighted by atomic mass is 9.82. The van der Waals surface area contributed by atoms with Crippen molar-refractivity contribution in [3.05, 3.63) is 28.5 Å². The molecule has 0 N–H and O–H groups in total. The van der Waals surface area contributed by atoms with E-state index in [0.717, 1.165) is 12.5 Å². The van der Waals surface area contributed by atoms with Crippen molar-refractivity contribution < 1.29 is 13.2 Å². The summed E-state index contributed by atoms with van der Waals surface area (Å²) in [4.78, 5) is 3.29. The smallest absolute Gasteiger partial charge is 0.232 e. The van der Waals surface area contributed by atoms with E-state index in [1.165, 1.54) is 6.07 Å². The molecule has 0 fully saturated rings. The molecule has 1 aromatic heterocycles. The van der Waals surface area contributed by atoms with Crippen LogP contribution in [0, 0.1) is 0 Å². The number of halogens is 4. The second kappa shape index (κ2) is 4.24. The summed E-state index contributed by atoms with van der Waals surface area (Å²) in [5, 5.41) is -0.119. The molecule has 0 aromatic carbocycles. The highest BCUT2D eigenvalue weighted by Gasteiger charge is 2.34. The van der Waals surface area contributed by atoms with Gasteiger partial charge in [-0.25, -0.2) is 4.98 Å². The SMILES string of the molecule is CCC(C)(C)c1cc(Cl)nc(C(F)(F)F)c1. The number of nitrogens with zero attached hydrogens (tertiary/aromatic N) is 1. The van der Waals surface area contributed by atoms with E-state index < -0.39 is 11.9 Å². The summed E-state index contributed by atoms with van der Waals surface area (Å²) in [6.45, 7) is 5.67. The van der Waals surface area contributed by atoms with E-state index >= 15 is 0 Å². The molecule has 1 aromatic rings. The van der Waals surface area contributed by atoms with E-state index in [1.807, 2.05) is 20.8 Å². The topological polar surface area (TPSA) is 12.9 Å². The predicted molar refractivity (Wildman–Crippen MR) is 57.6 cm³/mol. The normalized spacial score (nSPS) is 12.9. The summed E-state index contributed by atoms with van der Waals surface area (Å²) in [6.07, 6.45) is -3.73. The zero-order valence-corrected chi connectivity index (χ0v) is 10.1. The van der Waals surface area contributed by atoms with E-state index in [-0.39, 0.29) is 10.6 Å². The Labute approximate surface area is 97.6 Å². The van der Waals surface area contributed by atoms with Crippen molar-refractivity contribution in [2.24, 2.45) is 0 Å². The van der Waals surface area contributed by atoms with Crippen LogP contribution in [-0.4, -0.2) is 4.98 Å². The standard InChI is InChI=1S/C11H13ClF3N/c1-4-10(2,3)7-5-8(11(13,14)15)16-9(12)6-7/h5-6H,4H2,1-3H3. The van der Waals surface area contributed by atoms with Crippen LogP contribution in [0.25, 0.3) is 0 Å². The Morgan fingerprint density at radius 3 is 2.25 bits per heavy atom. The number of alkyl halides is 3. The highest BCUT2D eigenvalue weighted by atomic mass is 35.5. The first-order valence-electron chi connectivity index (χ1n) is 4.92. The molecule has 1 rings (SSSR count). The van der Waals surface area contributed by atoms with Crippen molar-refractivity contribution in [3.8, 4) is 0 Å². The van der Waals surface area contributed by atoms with Crippen molar-refractivity contribution in [2.45, 2.75) is 38.8 Å². The number of hydrogen-bond donors (Lipinski definition) is 0. The number of hydrogen-bond acceptors (Lipinski definition) is 1. The Balaban J connectivity index is 3.29. The van der Waals surface area contributed by atoms with Crippen LogP contribution in [-0.2, 0) is 11.6 Å². The van der Waals surface area contributed by atoms with E-state index in [4.69, 9.17) is 11.6 Å². The lowest BCUT2D eigenvalue weighted by Gasteiger charge is -2.24.